The molecule has 5 nitrogen and oxygen atoms in total. The first-order valence-corrected chi connectivity index (χ1v) is 4.58. The molecular weight excluding hydrogens is 192 g/mol. The normalized spacial score (nSPS) is 10.3. The molecule has 0 aliphatic carbocycles. The van der Waals surface area contributed by atoms with Crippen LogP contribution < -0.4 is 11.1 Å². The number of anilines is 3. The highest BCUT2D eigenvalue weighted by Crippen LogP contribution is 2.20. The molecule has 0 amide bonds. The van der Waals surface area contributed by atoms with E-state index in [1.165, 1.54) is 5.56 Å². The molecule has 1 heterocycles. The molecule has 0 spiro atoms. The molecule has 2 aromatic rings. The van der Waals surface area contributed by atoms with Crippen LogP contribution in [0.25, 0.3) is 0 Å². The number of nitrogens with two attached hydrogens (primary N) is 1. The first-order valence-electron chi connectivity index (χ1n) is 4.58. The zero-order chi connectivity index (χ0) is 10.8. The average Bonchev–Trinajstić information content (AvgIpc) is 2.56. The number of benzene rings is 1. The van der Waals surface area contributed by atoms with Gasteiger partial charge in [0.15, 0.2) is 0 Å². The molecule has 15 heavy (non-hydrogen) atoms. The molecule has 0 aliphatic rings. The van der Waals surface area contributed by atoms with Crippen LogP contribution in [0.2, 0.25) is 0 Å². The van der Waals surface area contributed by atoms with Crippen molar-refractivity contribution >= 4 is 17.7 Å². The van der Waals surface area contributed by atoms with E-state index < -0.39 is 0 Å². The maximum absolute atomic E-state index is 5.34. The van der Waals surface area contributed by atoms with Gasteiger partial charge in [-0.1, -0.05) is 17.7 Å². The summed E-state index contributed by atoms with van der Waals surface area (Å²) >= 11 is 0. The number of aryl methyl sites for hydroxylation is 2. The Kier molecular flexibility index (Phi) is 2.29. The second-order valence-corrected chi connectivity index (χ2v) is 3.40. The van der Waals surface area contributed by atoms with Crippen molar-refractivity contribution in [2.75, 3.05) is 11.1 Å². The fourth-order valence-corrected chi connectivity index (χ4v) is 1.35. The quantitative estimate of drug-likeness (QED) is 0.782. The fraction of sp³-hybridized carbons (Fsp3) is 0.200. The van der Waals surface area contributed by atoms with Crippen LogP contribution in [0.4, 0.5) is 17.7 Å². The lowest BCUT2D eigenvalue weighted by molar-refractivity contribution is 0.436. The maximum Gasteiger partial charge on any atom is 0.327 e. The van der Waals surface area contributed by atoms with E-state index in [1.807, 2.05) is 26.0 Å². The lowest BCUT2D eigenvalue weighted by Crippen LogP contribution is -1.94. The van der Waals surface area contributed by atoms with Gasteiger partial charge in [0.05, 0.1) is 0 Å². The number of nitrogens with zero attached hydrogens (tertiary/aromatic N) is 2. The van der Waals surface area contributed by atoms with E-state index in [-0.39, 0.29) is 5.95 Å². The number of aromatic nitrogens is 2. The fourth-order valence-electron chi connectivity index (χ4n) is 1.35. The third-order valence-electron chi connectivity index (χ3n) is 2.07. The van der Waals surface area contributed by atoms with Crippen molar-refractivity contribution in [2.45, 2.75) is 13.8 Å². The van der Waals surface area contributed by atoms with Crippen molar-refractivity contribution < 1.29 is 4.52 Å². The predicted molar refractivity (Wildman–Crippen MR) is 57.9 cm³/mol. The van der Waals surface area contributed by atoms with Crippen LogP contribution in [0.1, 0.15) is 11.1 Å². The van der Waals surface area contributed by atoms with Gasteiger partial charge in [0.25, 0.3) is 5.95 Å². The van der Waals surface area contributed by atoms with Crippen LogP contribution in [0.3, 0.4) is 0 Å². The summed E-state index contributed by atoms with van der Waals surface area (Å²) in [6, 6.07) is 6.35. The second kappa shape index (κ2) is 3.61. The van der Waals surface area contributed by atoms with Crippen molar-refractivity contribution in [3.63, 3.8) is 0 Å². The molecule has 0 aliphatic heterocycles. The van der Waals surface area contributed by atoms with Crippen LogP contribution in [-0.4, -0.2) is 10.1 Å². The van der Waals surface area contributed by atoms with E-state index in [0.29, 0.717) is 6.01 Å². The van der Waals surface area contributed by atoms with Crippen LogP contribution in [0.5, 0.6) is 0 Å². The topological polar surface area (TPSA) is 77.0 Å². The Labute approximate surface area is 87.3 Å². The maximum atomic E-state index is 5.34. The zero-order valence-electron chi connectivity index (χ0n) is 8.61. The second-order valence-electron chi connectivity index (χ2n) is 3.40. The van der Waals surface area contributed by atoms with Gasteiger partial charge in [-0.25, -0.2) is 0 Å². The minimum absolute atomic E-state index is 0.127. The summed E-state index contributed by atoms with van der Waals surface area (Å²) in [6.45, 7) is 4.05. The largest absolute Gasteiger partial charge is 0.365 e. The zero-order valence-corrected chi connectivity index (χ0v) is 8.61. The minimum Gasteiger partial charge on any atom is -0.365 e. The molecule has 0 radical (unpaired) electrons. The van der Waals surface area contributed by atoms with Gasteiger partial charge in [-0.2, -0.15) is 4.98 Å². The molecule has 5 heteroatoms. The highest BCUT2D eigenvalue weighted by molar-refractivity contribution is 5.58. The van der Waals surface area contributed by atoms with Gasteiger partial charge in [-0.3, -0.25) is 0 Å². The van der Waals surface area contributed by atoms with Crippen LogP contribution in [-0.2, 0) is 0 Å². The van der Waals surface area contributed by atoms with E-state index >= 15 is 0 Å². The summed E-state index contributed by atoms with van der Waals surface area (Å²) in [5.41, 5.74) is 8.60. The number of rotatable bonds is 2. The van der Waals surface area contributed by atoms with Gasteiger partial charge in [-0.05, 0) is 30.6 Å². The van der Waals surface area contributed by atoms with E-state index in [0.717, 1.165) is 11.3 Å². The summed E-state index contributed by atoms with van der Waals surface area (Å²) < 4.78 is 4.86. The number of nitrogen functional groups attached to an aromatic ring is 1. The van der Waals surface area contributed by atoms with Crippen molar-refractivity contribution in [1.29, 1.82) is 0 Å². The summed E-state index contributed by atoms with van der Waals surface area (Å²) in [5, 5.41) is 6.49. The summed E-state index contributed by atoms with van der Waals surface area (Å²) in [5.74, 6) is 0.127. The molecule has 2 rings (SSSR count). The Bertz CT molecular complexity index is 478. The third-order valence-corrected chi connectivity index (χ3v) is 2.07. The Morgan fingerprint density at radius 1 is 1.33 bits per heavy atom. The van der Waals surface area contributed by atoms with Gasteiger partial charge in [-0.15, -0.1) is 0 Å². The van der Waals surface area contributed by atoms with Crippen LogP contribution >= 0.6 is 0 Å². The van der Waals surface area contributed by atoms with Gasteiger partial charge in [0.1, 0.15) is 0 Å². The Hall–Kier alpha value is -2.04. The lowest BCUT2D eigenvalue weighted by Gasteiger charge is -2.05. The van der Waals surface area contributed by atoms with Crippen molar-refractivity contribution in [3.8, 4) is 0 Å². The molecule has 0 saturated carbocycles. The molecule has 0 saturated heterocycles. The third kappa shape index (κ3) is 2.07. The van der Waals surface area contributed by atoms with Gasteiger partial charge in [0, 0.05) is 5.69 Å². The van der Waals surface area contributed by atoms with Crippen LogP contribution in [0, 0.1) is 13.8 Å². The highest BCUT2D eigenvalue weighted by atomic mass is 16.5. The molecule has 0 atom stereocenters. The van der Waals surface area contributed by atoms with Crippen molar-refractivity contribution in [1.82, 2.24) is 10.1 Å². The number of hydrogen-bond acceptors (Lipinski definition) is 5. The van der Waals surface area contributed by atoms with Crippen LogP contribution in [0.15, 0.2) is 22.7 Å². The molecule has 1 aromatic carbocycles. The average molecular weight is 204 g/mol. The Morgan fingerprint density at radius 2 is 2.13 bits per heavy atom. The Balaban J connectivity index is 2.24. The summed E-state index contributed by atoms with van der Waals surface area (Å²) in [4.78, 5) is 3.86. The summed E-state index contributed by atoms with van der Waals surface area (Å²) in [7, 11) is 0. The lowest BCUT2D eigenvalue weighted by atomic mass is 10.1. The molecule has 0 unspecified atom stereocenters. The van der Waals surface area contributed by atoms with Crippen molar-refractivity contribution in [3.05, 3.63) is 29.3 Å². The molecule has 0 fully saturated rings. The van der Waals surface area contributed by atoms with Gasteiger partial charge in [0.2, 0.25) is 0 Å². The first-order chi connectivity index (χ1) is 7.15. The minimum atomic E-state index is 0.127. The van der Waals surface area contributed by atoms with Gasteiger partial charge < -0.3 is 15.6 Å². The highest BCUT2D eigenvalue weighted by Gasteiger charge is 2.04. The molecule has 1 aromatic heterocycles. The smallest absolute Gasteiger partial charge is 0.327 e. The molecule has 78 valence electrons. The monoisotopic (exact) mass is 204 g/mol. The predicted octanol–water partition coefficient (Wildman–Crippen LogP) is 2.01. The van der Waals surface area contributed by atoms with Crippen molar-refractivity contribution in [2.24, 2.45) is 0 Å². The SMILES string of the molecule is Cc1ccc(Nc2nc(N)no2)c(C)c1. The van der Waals surface area contributed by atoms with E-state index in [9.17, 15) is 0 Å². The van der Waals surface area contributed by atoms with E-state index in [4.69, 9.17) is 10.3 Å². The molecular formula is C10H12N4O. The van der Waals surface area contributed by atoms with Gasteiger partial charge >= 0.3 is 6.01 Å². The van der Waals surface area contributed by atoms with E-state index in [1.54, 1.807) is 0 Å². The molecule has 3 N–H and O–H groups in total. The standard InChI is InChI=1S/C10H12N4O/c1-6-3-4-8(7(2)5-6)12-10-13-9(11)14-15-10/h3-5H,1-2H3,(H3,11,12,13,14). The van der Waals surface area contributed by atoms with E-state index in [2.05, 4.69) is 21.5 Å². The first kappa shape index (κ1) is 9.51. The Morgan fingerprint density at radius 3 is 2.73 bits per heavy atom. The summed E-state index contributed by atoms with van der Waals surface area (Å²) in [6.07, 6.45) is 0. The molecule has 0 bridgehead atoms. The number of nitrogens with one attached hydrogen (secondary N) is 1. The number of hydrogen-bond donors (Lipinski definition) is 2.